The van der Waals surface area contributed by atoms with Gasteiger partial charge < -0.3 is 10.7 Å². The lowest BCUT2D eigenvalue weighted by Crippen LogP contribution is -2.01. The number of halogens is 1. The molecule has 2 aromatic heterocycles. The van der Waals surface area contributed by atoms with Gasteiger partial charge in [-0.15, -0.1) is 0 Å². The van der Waals surface area contributed by atoms with E-state index in [1.165, 1.54) is 18.3 Å². The van der Waals surface area contributed by atoms with Crippen LogP contribution in [-0.4, -0.2) is 15.2 Å². The summed E-state index contributed by atoms with van der Waals surface area (Å²) in [5.41, 5.74) is 7.69. The van der Waals surface area contributed by atoms with Crippen molar-refractivity contribution >= 4 is 5.82 Å². The molecule has 0 fully saturated rings. The lowest BCUT2D eigenvalue weighted by Gasteiger charge is -2.05. The molecule has 0 radical (unpaired) electrons. The van der Waals surface area contributed by atoms with Gasteiger partial charge in [0, 0.05) is 23.4 Å². The highest BCUT2D eigenvalue weighted by atomic mass is 19.1. The van der Waals surface area contributed by atoms with Crippen LogP contribution in [0, 0.1) is 5.82 Å². The van der Waals surface area contributed by atoms with E-state index in [2.05, 4.69) is 15.2 Å². The Labute approximate surface area is 113 Å². The number of aromatic nitrogens is 3. The molecule has 0 bridgehead atoms. The van der Waals surface area contributed by atoms with E-state index in [0.29, 0.717) is 22.4 Å². The number of benzene rings is 1. The molecule has 0 atom stereocenters. The Balaban J connectivity index is 2.23. The van der Waals surface area contributed by atoms with Gasteiger partial charge in [-0.2, -0.15) is 5.10 Å². The van der Waals surface area contributed by atoms with Gasteiger partial charge in [-0.25, -0.2) is 4.39 Å². The first-order chi connectivity index (χ1) is 9.66. The maximum atomic E-state index is 13.9. The molecule has 5 nitrogen and oxygen atoms in total. The Kier molecular flexibility index (Phi) is 2.83. The summed E-state index contributed by atoms with van der Waals surface area (Å²) >= 11 is 0. The third-order valence-corrected chi connectivity index (χ3v) is 3.01. The molecule has 0 aliphatic rings. The normalized spacial score (nSPS) is 10.7. The van der Waals surface area contributed by atoms with Crippen LogP contribution >= 0.6 is 0 Å². The predicted molar refractivity (Wildman–Crippen MR) is 74.5 cm³/mol. The number of hydrogen-bond acceptors (Lipinski definition) is 3. The van der Waals surface area contributed by atoms with Gasteiger partial charge in [0.2, 0.25) is 5.56 Å². The van der Waals surface area contributed by atoms with Crippen molar-refractivity contribution in [2.45, 2.75) is 0 Å². The van der Waals surface area contributed by atoms with Crippen LogP contribution in [0.2, 0.25) is 0 Å². The SMILES string of the molecule is Nc1n[nH]c(-c2ccc(=O)[nH]c2)c1-c1ccccc1F. The molecule has 3 aromatic rings. The zero-order valence-electron chi connectivity index (χ0n) is 10.4. The van der Waals surface area contributed by atoms with Crippen molar-refractivity contribution in [1.82, 2.24) is 15.2 Å². The lowest BCUT2D eigenvalue weighted by atomic mass is 10.0. The molecule has 100 valence electrons. The molecule has 6 heteroatoms. The Hall–Kier alpha value is -2.89. The fourth-order valence-corrected chi connectivity index (χ4v) is 2.07. The highest BCUT2D eigenvalue weighted by Crippen LogP contribution is 2.35. The third-order valence-electron chi connectivity index (χ3n) is 3.01. The predicted octanol–water partition coefficient (Wildman–Crippen LogP) is 2.15. The van der Waals surface area contributed by atoms with Crippen LogP contribution in [-0.2, 0) is 0 Å². The molecule has 0 amide bonds. The number of hydrogen-bond donors (Lipinski definition) is 3. The molecule has 2 heterocycles. The van der Waals surface area contributed by atoms with E-state index < -0.39 is 0 Å². The van der Waals surface area contributed by atoms with Gasteiger partial charge in [-0.05, 0) is 12.1 Å². The Morgan fingerprint density at radius 3 is 2.65 bits per heavy atom. The van der Waals surface area contributed by atoms with Crippen molar-refractivity contribution in [3.05, 3.63) is 58.8 Å². The number of aromatic amines is 2. The first-order valence-electron chi connectivity index (χ1n) is 5.94. The summed E-state index contributed by atoms with van der Waals surface area (Å²) in [5, 5.41) is 6.70. The highest BCUT2D eigenvalue weighted by Gasteiger charge is 2.17. The third kappa shape index (κ3) is 1.97. The summed E-state index contributed by atoms with van der Waals surface area (Å²) < 4.78 is 13.9. The van der Waals surface area contributed by atoms with Gasteiger partial charge in [0.05, 0.1) is 11.3 Å². The van der Waals surface area contributed by atoms with Crippen LogP contribution < -0.4 is 11.3 Å². The van der Waals surface area contributed by atoms with Crippen LogP contribution in [0.25, 0.3) is 22.4 Å². The number of H-pyrrole nitrogens is 2. The van der Waals surface area contributed by atoms with E-state index >= 15 is 0 Å². The minimum Gasteiger partial charge on any atom is -0.382 e. The molecular formula is C14H11FN4O. The number of nitrogen functional groups attached to an aromatic ring is 1. The molecule has 1 aromatic carbocycles. The summed E-state index contributed by atoms with van der Waals surface area (Å²) in [6.45, 7) is 0. The molecular weight excluding hydrogens is 259 g/mol. The molecule has 4 N–H and O–H groups in total. The van der Waals surface area contributed by atoms with Crippen molar-refractivity contribution in [2.75, 3.05) is 5.73 Å². The summed E-state index contributed by atoms with van der Waals surface area (Å²) in [5.74, 6) is -0.178. The van der Waals surface area contributed by atoms with Crippen LogP contribution in [0.4, 0.5) is 10.2 Å². The molecule has 0 aliphatic carbocycles. The topological polar surface area (TPSA) is 87.6 Å². The van der Waals surface area contributed by atoms with Gasteiger partial charge in [-0.3, -0.25) is 9.89 Å². The average Bonchev–Trinajstić information content (AvgIpc) is 2.82. The largest absolute Gasteiger partial charge is 0.382 e. The van der Waals surface area contributed by atoms with Gasteiger partial charge in [0.25, 0.3) is 0 Å². The van der Waals surface area contributed by atoms with E-state index in [0.717, 1.165) is 0 Å². The van der Waals surface area contributed by atoms with E-state index in [1.54, 1.807) is 24.3 Å². The zero-order chi connectivity index (χ0) is 14.1. The fraction of sp³-hybridized carbons (Fsp3) is 0. The quantitative estimate of drug-likeness (QED) is 0.666. The minimum absolute atomic E-state index is 0.205. The van der Waals surface area contributed by atoms with Crippen molar-refractivity contribution in [3.63, 3.8) is 0 Å². The average molecular weight is 270 g/mol. The second-order valence-electron chi connectivity index (χ2n) is 4.28. The minimum atomic E-state index is -0.383. The first kappa shape index (κ1) is 12.2. The Morgan fingerprint density at radius 2 is 1.95 bits per heavy atom. The maximum absolute atomic E-state index is 13.9. The number of anilines is 1. The van der Waals surface area contributed by atoms with E-state index in [1.807, 2.05) is 0 Å². The second-order valence-corrected chi connectivity index (χ2v) is 4.28. The van der Waals surface area contributed by atoms with Gasteiger partial charge in [0.1, 0.15) is 5.82 Å². The van der Waals surface area contributed by atoms with E-state index in [-0.39, 0.29) is 17.2 Å². The molecule has 0 saturated heterocycles. The highest BCUT2D eigenvalue weighted by molar-refractivity contribution is 5.87. The first-order valence-corrected chi connectivity index (χ1v) is 5.94. The second kappa shape index (κ2) is 4.65. The molecule has 0 aliphatic heterocycles. The smallest absolute Gasteiger partial charge is 0.247 e. The standard InChI is InChI=1S/C14H11FN4O/c15-10-4-2-1-3-9(10)12-13(18-19-14(12)16)8-5-6-11(20)17-7-8/h1-7H,(H,17,20)(H3,16,18,19). The number of nitrogens with zero attached hydrogens (tertiary/aromatic N) is 1. The van der Waals surface area contributed by atoms with Gasteiger partial charge >= 0.3 is 0 Å². The van der Waals surface area contributed by atoms with Gasteiger partial charge in [-0.1, -0.05) is 18.2 Å². The molecule has 3 rings (SSSR count). The van der Waals surface area contributed by atoms with Crippen molar-refractivity contribution < 1.29 is 4.39 Å². The van der Waals surface area contributed by atoms with E-state index in [9.17, 15) is 9.18 Å². The van der Waals surface area contributed by atoms with Crippen LogP contribution in [0.15, 0.2) is 47.4 Å². The summed E-state index contributed by atoms with van der Waals surface area (Å²) in [6, 6.07) is 9.33. The van der Waals surface area contributed by atoms with E-state index in [4.69, 9.17) is 5.73 Å². The molecule has 20 heavy (non-hydrogen) atoms. The Morgan fingerprint density at radius 1 is 1.15 bits per heavy atom. The monoisotopic (exact) mass is 270 g/mol. The van der Waals surface area contributed by atoms with Gasteiger partial charge in [0.15, 0.2) is 5.82 Å². The molecule has 0 saturated carbocycles. The van der Waals surface area contributed by atoms with Crippen LogP contribution in [0.1, 0.15) is 0 Å². The fourth-order valence-electron chi connectivity index (χ4n) is 2.07. The van der Waals surface area contributed by atoms with Crippen molar-refractivity contribution in [1.29, 1.82) is 0 Å². The summed E-state index contributed by atoms with van der Waals surface area (Å²) in [6.07, 6.45) is 1.53. The van der Waals surface area contributed by atoms with Crippen LogP contribution in [0.5, 0.6) is 0 Å². The number of nitrogens with two attached hydrogens (primary N) is 1. The van der Waals surface area contributed by atoms with Crippen molar-refractivity contribution in [2.24, 2.45) is 0 Å². The number of pyridine rings is 1. The summed E-state index contributed by atoms with van der Waals surface area (Å²) in [7, 11) is 0. The molecule has 0 spiro atoms. The number of nitrogens with one attached hydrogen (secondary N) is 2. The summed E-state index contributed by atoms with van der Waals surface area (Å²) in [4.78, 5) is 13.7. The maximum Gasteiger partial charge on any atom is 0.247 e. The van der Waals surface area contributed by atoms with Crippen molar-refractivity contribution in [3.8, 4) is 22.4 Å². The number of rotatable bonds is 2. The van der Waals surface area contributed by atoms with Crippen LogP contribution in [0.3, 0.4) is 0 Å². The Bertz CT molecular complexity index is 802. The lowest BCUT2D eigenvalue weighted by molar-refractivity contribution is 0.631. The molecule has 0 unspecified atom stereocenters. The zero-order valence-corrected chi connectivity index (χ0v) is 10.4.